The van der Waals surface area contributed by atoms with Crippen LogP contribution in [0.25, 0.3) is 0 Å². The fourth-order valence-electron chi connectivity index (χ4n) is 3.26. The topological polar surface area (TPSA) is 81.7 Å². The fourth-order valence-corrected chi connectivity index (χ4v) is 3.26. The third-order valence-electron chi connectivity index (χ3n) is 4.39. The maximum Gasteiger partial charge on any atom is 0.419 e. The highest BCUT2D eigenvalue weighted by molar-refractivity contribution is 6.03. The van der Waals surface area contributed by atoms with Gasteiger partial charge in [0.2, 0.25) is 0 Å². The molecule has 1 aromatic carbocycles. The third-order valence-corrected chi connectivity index (χ3v) is 4.39. The lowest BCUT2D eigenvalue weighted by atomic mass is 9.78. The summed E-state index contributed by atoms with van der Waals surface area (Å²) >= 11 is 0. The number of hydrogen-bond acceptors (Lipinski definition) is 6. The van der Waals surface area contributed by atoms with Gasteiger partial charge in [-0.25, -0.2) is 18.4 Å². The number of carbonyl (C=O) groups excluding carboxylic acids is 3. The van der Waals surface area contributed by atoms with Crippen molar-refractivity contribution in [1.82, 2.24) is 5.32 Å². The summed E-state index contributed by atoms with van der Waals surface area (Å²) in [4.78, 5) is 36.7. The van der Waals surface area contributed by atoms with Crippen LogP contribution >= 0.6 is 0 Å². The smallest absolute Gasteiger partial charge is 0.419 e. The largest absolute Gasteiger partial charge is 0.466 e. The van der Waals surface area contributed by atoms with E-state index >= 15 is 0 Å². The monoisotopic (exact) mass is 447 g/mol. The minimum absolute atomic E-state index is 0.0950. The summed E-state index contributed by atoms with van der Waals surface area (Å²) in [6.45, 7) is 4.12. The van der Waals surface area contributed by atoms with Gasteiger partial charge in [0.1, 0.15) is 11.6 Å². The summed E-state index contributed by atoms with van der Waals surface area (Å²) < 4.78 is 79.8. The van der Waals surface area contributed by atoms with E-state index in [1.54, 1.807) is 0 Å². The molecular weight excluding hydrogens is 429 g/mol. The number of alkyl halides is 3. The second kappa shape index (κ2) is 8.86. The first-order valence-electron chi connectivity index (χ1n) is 8.86. The number of benzene rings is 1. The third kappa shape index (κ3) is 4.59. The van der Waals surface area contributed by atoms with Crippen molar-refractivity contribution in [2.45, 2.75) is 39.0 Å². The summed E-state index contributed by atoms with van der Waals surface area (Å²) in [6.07, 6.45) is -6.03. The Morgan fingerprint density at radius 1 is 1.10 bits per heavy atom. The Morgan fingerprint density at radius 2 is 1.68 bits per heavy atom. The number of allylic oxidation sites excluding steroid dienone is 2. The van der Waals surface area contributed by atoms with E-state index in [-0.39, 0.29) is 18.0 Å². The zero-order chi connectivity index (χ0) is 23.7. The maximum absolute atomic E-state index is 14.8. The Kier molecular flexibility index (Phi) is 6.87. The zero-order valence-electron chi connectivity index (χ0n) is 16.8. The standard InChI is InChI=1S/C20H18F5NO5/c1-8(2)31-19(29)13-9(3)26-12(7-27)15(18(28)30-4)16(13)14-10(21)5-6-11(22)17(14)20(23,24)25/h5-8,16,26H,1-4H3. The number of aldehydes is 1. The van der Waals surface area contributed by atoms with E-state index in [4.69, 9.17) is 4.74 Å². The Bertz CT molecular complexity index is 994. The van der Waals surface area contributed by atoms with Gasteiger partial charge in [0.05, 0.1) is 41.5 Å². The van der Waals surface area contributed by atoms with Crippen LogP contribution < -0.4 is 5.32 Å². The highest BCUT2D eigenvalue weighted by Crippen LogP contribution is 2.46. The molecule has 0 aromatic heterocycles. The second-order valence-corrected chi connectivity index (χ2v) is 6.80. The number of halogens is 5. The number of ether oxygens (including phenoxy) is 2. The normalized spacial score (nSPS) is 16.9. The van der Waals surface area contributed by atoms with Crippen LogP contribution in [-0.4, -0.2) is 31.4 Å². The molecule has 1 aliphatic heterocycles. The number of dihydropyridines is 1. The number of nitrogens with one attached hydrogen (secondary N) is 1. The Balaban J connectivity index is 3.00. The van der Waals surface area contributed by atoms with Gasteiger partial charge in [-0.05, 0) is 32.9 Å². The van der Waals surface area contributed by atoms with E-state index in [1.807, 2.05) is 0 Å². The van der Waals surface area contributed by atoms with E-state index in [1.165, 1.54) is 20.8 Å². The number of esters is 2. The molecule has 0 spiro atoms. The molecule has 1 aromatic rings. The summed E-state index contributed by atoms with van der Waals surface area (Å²) in [7, 11) is 0.874. The SMILES string of the molecule is COC(=O)C1=C(C=O)NC(C)=C(C(=O)OC(C)C)C1c1c(F)ccc(F)c1C(F)(F)F. The van der Waals surface area contributed by atoms with Gasteiger partial charge in [0.25, 0.3) is 0 Å². The molecule has 0 saturated carbocycles. The average Bonchev–Trinajstić information content (AvgIpc) is 2.66. The highest BCUT2D eigenvalue weighted by Gasteiger charge is 2.47. The van der Waals surface area contributed by atoms with Crippen molar-refractivity contribution in [2.24, 2.45) is 0 Å². The van der Waals surface area contributed by atoms with Crippen molar-refractivity contribution in [3.63, 3.8) is 0 Å². The van der Waals surface area contributed by atoms with E-state index in [9.17, 15) is 36.3 Å². The molecule has 0 radical (unpaired) electrons. The van der Waals surface area contributed by atoms with Crippen LogP contribution in [0.2, 0.25) is 0 Å². The molecule has 31 heavy (non-hydrogen) atoms. The zero-order valence-corrected chi connectivity index (χ0v) is 16.8. The highest BCUT2D eigenvalue weighted by atomic mass is 19.4. The van der Waals surface area contributed by atoms with Crippen molar-refractivity contribution < 1.29 is 45.8 Å². The Labute approximate surface area is 173 Å². The van der Waals surface area contributed by atoms with Crippen molar-refractivity contribution in [3.8, 4) is 0 Å². The van der Waals surface area contributed by atoms with Gasteiger partial charge in [-0.15, -0.1) is 0 Å². The summed E-state index contributed by atoms with van der Waals surface area (Å²) in [6, 6.07) is 0.700. The Hall–Kier alpha value is -3.24. The maximum atomic E-state index is 14.8. The lowest BCUT2D eigenvalue weighted by Gasteiger charge is -2.31. The molecule has 1 unspecified atom stereocenters. The molecule has 0 bridgehead atoms. The van der Waals surface area contributed by atoms with Crippen molar-refractivity contribution in [2.75, 3.05) is 7.11 Å². The molecule has 0 aliphatic carbocycles. The first-order valence-corrected chi connectivity index (χ1v) is 8.86. The van der Waals surface area contributed by atoms with E-state index in [0.29, 0.717) is 6.07 Å². The minimum Gasteiger partial charge on any atom is -0.466 e. The van der Waals surface area contributed by atoms with Crippen LogP contribution in [0.5, 0.6) is 0 Å². The molecule has 168 valence electrons. The fraction of sp³-hybridized carbons (Fsp3) is 0.350. The van der Waals surface area contributed by atoms with Crippen molar-refractivity contribution in [3.05, 3.63) is 57.4 Å². The summed E-state index contributed by atoms with van der Waals surface area (Å²) in [5.74, 6) is -8.01. The second-order valence-electron chi connectivity index (χ2n) is 6.80. The average molecular weight is 447 g/mol. The Morgan fingerprint density at radius 3 is 2.16 bits per heavy atom. The molecular formula is C20H18F5NO5. The molecule has 0 fully saturated rings. The molecule has 2 rings (SSSR count). The quantitative estimate of drug-likeness (QED) is 0.423. The molecule has 1 atom stereocenters. The van der Waals surface area contributed by atoms with E-state index in [2.05, 4.69) is 10.1 Å². The number of carbonyl (C=O) groups is 3. The molecule has 0 amide bonds. The number of methoxy groups -OCH3 is 1. The van der Waals surface area contributed by atoms with Gasteiger partial charge in [-0.1, -0.05) is 0 Å². The van der Waals surface area contributed by atoms with E-state index < -0.39 is 69.7 Å². The lowest BCUT2D eigenvalue weighted by molar-refractivity contribution is -0.144. The molecule has 1 aliphatic rings. The molecule has 6 nitrogen and oxygen atoms in total. The van der Waals surface area contributed by atoms with Gasteiger partial charge in [-0.2, -0.15) is 13.2 Å². The molecule has 0 saturated heterocycles. The first kappa shape index (κ1) is 24.0. The van der Waals surface area contributed by atoms with Crippen LogP contribution in [0.3, 0.4) is 0 Å². The first-order chi connectivity index (χ1) is 14.3. The van der Waals surface area contributed by atoms with Crippen molar-refractivity contribution >= 4 is 18.2 Å². The van der Waals surface area contributed by atoms with Crippen LogP contribution in [0.1, 0.15) is 37.8 Å². The number of rotatable bonds is 5. The van der Waals surface area contributed by atoms with Gasteiger partial charge in [0, 0.05) is 11.3 Å². The summed E-state index contributed by atoms with van der Waals surface area (Å²) in [5.41, 5.74) is -5.50. The molecule has 1 N–H and O–H groups in total. The van der Waals surface area contributed by atoms with Crippen molar-refractivity contribution in [1.29, 1.82) is 0 Å². The van der Waals surface area contributed by atoms with Crippen LogP contribution in [0.15, 0.2) is 34.7 Å². The summed E-state index contributed by atoms with van der Waals surface area (Å²) in [5, 5.41) is 2.42. The van der Waals surface area contributed by atoms with Gasteiger partial charge in [-0.3, -0.25) is 4.79 Å². The van der Waals surface area contributed by atoms with Crippen LogP contribution in [0, 0.1) is 11.6 Å². The van der Waals surface area contributed by atoms with Gasteiger partial charge in [0.15, 0.2) is 6.29 Å². The van der Waals surface area contributed by atoms with E-state index in [0.717, 1.165) is 7.11 Å². The van der Waals surface area contributed by atoms with Gasteiger partial charge >= 0.3 is 18.1 Å². The minimum atomic E-state index is -5.39. The van der Waals surface area contributed by atoms with Crippen LogP contribution in [-0.2, 0) is 30.0 Å². The van der Waals surface area contributed by atoms with Crippen LogP contribution in [0.4, 0.5) is 22.0 Å². The molecule has 11 heteroatoms. The predicted octanol–water partition coefficient (Wildman–Crippen LogP) is 3.52. The number of hydrogen-bond donors (Lipinski definition) is 1. The lowest BCUT2D eigenvalue weighted by Crippen LogP contribution is -2.35. The molecule has 1 heterocycles. The predicted molar refractivity (Wildman–Crippen MR) is 96.3 cm³/mol. The van der Waals surface area contributed by atoms with Gasteiger partial charge < -0.3 is 14.8 Å².